The first kappa shape index (κ1) is 9.00. The standard InChI is InChI=1S/C12H12O2/c1-3-9-6-8(2)7-10-4-5-11(13)14-12(9)10/h4-7H,3H2,1-2H3. The zero-order valence-electron chi connectivity index (χ0n) is 8.33. The molecule has 0 fully saturated rings. The van der Waals surface area contributed by atoms with E-state index in [9.17, 15) is 4.79 Å². The molecule has 1 heterocycles. The number of fused-ring (bicyclic) bond motifs is 1. The number of aryl methyl sites for hydroxylation is 2. The van der Waals surface area contributed by atoms with Crippen LogP contribution in [-0.2, 0) is 6.42 Å². The maximum atomic E-state index is 11.1. The summed E-state index contributed by atoms with van der Waals surface area (Å²) in [6, 6.07) is 7.36. The molecule has 2 heteroatoms. The summed E-state index contributed by atoms with van der Waals surface area (Å²) in [5.41, 5.74) is 2.74. The van der Waals surface area contributed by atoms with Crippen LogP contribution in [0.2, 0.25) is 0 Å². The van der Waals surface area contributed by atoms with Gasteiger partial charge >= 0.3 is 5.63 Å². The molecule has 0 N–H and O–H groups in total. The Morgan fingerprint density at radius 2 is 2.07 bits per heavy atom. The van der Waals surface area contributed by atoms with Crippen molar-refractivity contribution in [3.8, 4) is 0 Å². The highest BCUT2D eigenvalue weighted by atomic mass is 16.4. The lowest BCUT2D eigenvalue weighted by atomic mass is 10.1. The first-order chi connectivity index (χ1) is 6.70. The van der Waals surface area contributed by atoms with Gasteiger partial charge in [0.05, 0.1) is 0 Å². The lowest BCUT2D eigenvalue weighted by molar-refractivity contribution is 0.557. The third-order valence-electron chi connectivity index (χ3n) is 2.32. The van der Waals surface area contributed by atoms with Crippen molar-refractivity contribution in [1.82, 2.24) is 0 Å². The Kier molecular flexibility index (Phi) is 2.12. The number of hydrogen-bond donors (Lipinski definition) is 0. The van der Waals surface area contributed by atoms with Gasteiger partial charge in [0, 0.05) is 11.5 Å². The first-order valence-corrected chi connectivity index (χ1v) is 4.74. The normalized spacial score (nSPS) is 10.7. The minimum Gasteiger partial charge on any atom is -0.422 e. The van der Waals surface area contributed by atoms with Crippen LogP contribution in [0.5, 0.6) is 0 Å². The fourth-order valence-corrected chi connectivity index (χ4v) is 1.68. The van der Waals surface area contributed by atoms with E-state index < -0.39 is 0 Å². The third-order valence-corrected chi connectivity index (χ3v) is 2.32. The quantitative estimate of drug-likeness (QED) is 0.644. The van der Waals surface area contributed by atoms with Crippen LogP contribution in [-0.4, -0.2) is 0 Å². The van der Waals surface area contributed by atoms with Crippen molar-refractivity contribution in [2.75, 3.05) is 0 Å². The summed E-state index contributed by atoms with van der Waals surface area (Å²) in [7, 11) is 0. The largest absolute Gasteiger partial charge is 0.422 e. The zero-order valence-corrected chi connectivity index (χ0v) is 8.33. The smallest absolute Gasteiger partial charge is 0.336 e. The van der Waals surface area contributed by atoms with Crippen LogP contribution in [0.15, 0.2) is 33.5 Å². The van der Waals surface area contributed by atoms with Gasteiger partial charge in [-0.25, -0.2) is 4.79 Å². The Bertz CT molecular complexity index is 523. The van der Waals surface area contributed by atoms with Crippen LogP contribution in [0.1, 0.15) is 18.1 Å². The van der Waals surface area contributed by atoms with Gasteiger partial charge in [0.2, 0.25) is 0 Å². The average molecular weight is 188 g/mol. The van der Waals surface area contributed by atoms with E-state index >= 15 is 0 Å². The van der Waals surface area contributed by atoms with E-state index in [2.05, 4.69) is 13.0 Å². The molecule has 1 aromatic carbocycles. The number of hydrogen-bond acceptors (Lipinski definition) is 2. The molecule has 0 saturated carbocycles. The Hall–Kier alpha value is -1.57. The van der Waals surface area contributed by atoms with Gasteiger partial charge < -0.3 is 4.42 Å². The molecule has 2 aromatic rings. The molecular weight excluding hydrogens is 176 g/mol. The molecular formula is C12H12O2. The summed E-state index contributed by atoms with van der Waals surface area (Å²) in [5, 5.41) is 1.00. The molecule has 0 amide bonds. The molecule has 0 unspecified atom stereocenters. The van der Waals surface area contributed by atoms with Gasteiger partial charge in [0.25, 0.3) is 0 Å². The van der Waals surface area contributed by atoms with Gasteiger partial charge in [-0.1, -0.05) is 13.0 Å². The predicted octanol–water partition coefficient (Wildman–Crippen LogP) is 2.66. The summed E-state index contributed by atoms with van der Waals surface area (Å²) in [4.78, 5) is 11.1. The lowest BCUT2D eigenvalue weighted by Crippen LogP contribution is -1.97. The first-order valence-electron chi connectivity index (χ1n) is 4.74. The van der Waals surface area contributed by atoms with Crippen LogP contribution in [0.25, 0.3) is 11.0 Å². The van der Waals surface area contributed by atoms with Crippen molar-refractivity contribution in [2.45, 2.75) is 20.3 Å². The number of benzene rings is 1. The molecule has 0 aliphatic rings. The van der Waals surface area contributed by atoms with E-state index in [0.29, 0.717) is 0 Å². The van der Waals surface area contributed by atoms with Gasteiger partial charge in [-0.3, -0.25) is 0 Å². The monoisotopic (exact) mass is 188 g/mol. The summed E-state index contributed by atoms with van der Waals surface area (Å²) >= 11 is 0. The van der Waals surface area contributed by atoms with Crippen molar-refractivity contribution in [2.24, 2.45) is 0 Å². The van der Waals surface area contributed by atoms with Crippen molar-refractivity contribution < 1.29 is 4.42 Å². The molecule has 0 bridgehead atoms. The molecule has 1 aromatic heterocycles. The average Bonchev–Trinajstić information content (AvgIpc) is 2.17. The Labute approximate surface area is 82.2 Å². The van der Waals surface area contributed by atoms with Crippen molar-refractivity contribution in [1.29, 1.82) is 0 Å². The molecule has 0 aliphatic heterocycles. The van der Waals surface area contributed by atoms with E-state index in [1.807, 2.05) is 19.1 Å². The van der Waals surface area contributed by atoms with Gasteiger partial charge in [-0.2, -0.15) is 0 Å². The van der Waals surface area contributed by atoms with E-state index in [0.717, 1.165) is 23.0 Å². The minimum absolute atomic E-state index is 0.281. The van der Waals surface area contributed by atoms with Crippen molar-refractivity contribution in [3.63, 3.8) is 0 Å². The SMILES string of the molecule is CCc1cc(C)cc2ccc(=O)oc12. The third kappa shape index (κ3) is 1.43. The van der Waals surface area contributed by atoms with Gasteiger partial charge in [0.15, 0.2) is 0 Å². The van der Waals surface area contributed by atoms with Crippen LogP contribution < -0.4 is 5.63 Å². The van der Waals surface area contributed by atoms with E-state index in [1.165, 1.54) is 11.6 Å². The molecule has 2 nitrogen and oxygen atoms in total. The molecule has 0 aliphatic carbocycles. The number of rotatable bonds is 1. The molecule has 2 rings (SSSR count). The minimum atomic E-state index is -0.281. The van der Waals surface area contributed by atoms with Crippen LogP contribution in [0, 0.1) is 6.92 Å². The summed E-state index contributed by atoms with van der Waals surface area (Å²) in [6.45, 7) is 4.10. The summed E-state index contributed by atoms with van der Waals surface area (Å²) in [6.07, 6.45) is 0.880. The highest BCUT2D eigenvalue weighted by molar-refractivity contribution is 5.80. The Balaban J connectivity index is 2.88. The second-order valence-electron chi connectivity index (χ2n) is 3.45. The van der Waals surface area contributed by atoms with Crippen LogP contribution in [0.4, 0.5) is 0 Å². The zero-order chi connectivity index (χ0) is 10.1. The highest BCUT2D eigenvalue weighted by Gasteiger charge is 2.03. The fourth-order valence-electron chi connectivity index (χ4n) is 1.68. The maximum Gasteiger partial charge on any atom is 0.336 e. The molecule has 72 valence electrons. The topological polar surface area (TPSA) is 30.2 Å². The second-order valence-corrected chi connectivity index (χ2v) is 3.45. The highest BCUT2D eigenvalue weighted by Crippen LogP contribution is 2.19. The predicted molar refractivity (Wildman–Crippen MR) is 56.6 cm³/mol. The van der Waals surface area contributed by atoms with Crippen LogP contribution >= 0.6 is 0 Å². The van der Waals surface area contributed by atoms with E-state index in [-0.39, 0.29) is 5.63 Å². The molecule has 0 atom stereocenters. The van der Waals surface area contributed by atoms with Gasteiger partial charge in [-0.05, 0) is 36.6 Å². The maximum absolute atomic E-state index is 11.1. The van der Waals surface area contributed by atoms with Gasteiger partial charge in [0.1, 0.15) is 5.58 Å². The van der Waals surface area contributed by atoms with Crippen molar-refractivity contribution >= 4 is 11.0 Å². The summed E-state index contributed by atoms with van der Waals surface area (Å²) in [5.74, 6) is 0. The fraction of sp³-hybridized carbons (Fsp3) is 0.250. The second kappa shape index (κ2) is 3.29. The van der Waals surface area contributed by atoms with Gasteiger partial charge in [-0.15, -0.1) is 0 Å². The van der Waals surface area contributed by atoms with E-state index in [4.69, 9.17) is 4.42 Å². The van der Waals surface area contributed by atoms with Crippen molar-refractivity contribution in [3.05, 3.63) is 45.8 Å². The van der Waals surface area contributed by atoms with E-state index in [1.54, 1.807) is 0 Å². The molecule has 0 radical (unpaired) electrons. The molecule has 14 heavy (non-hydrogen) atoms. The Morgan fingerprint density at radius 3 is 2.79 bits per heavy atom. The lowest BCUT2D eigenvalue weighted by Gasteiger charge is -2.03. The molecule has 0 spiro atoms. The molecule has 0 saturated heterocycles. The Morgan fingerprint density at radius 1 is 1.29 bits per heavy atom. The summed E-state index contributed by atoms with van der Waals surface area (Å²) < 4.78 is 5.18. The van der Waals surface area contributed by atoms with Crippen LogP contribution in [0.3, 0.4) is 0 Å².